The van der Waals surface area contributed by atoms with Gasteiger partial charge in [-0.25, -0.2) is 0 Å². The Kier molecular flexibility index (Phi) is 8.42. The molecule has 0 unspecified atom stereocenters. The molecule has 28 heavy (non-hydrogen) atoms. The van der Waals surface area contributed by atoms with Crippen molar-refractivity contribution < 1.29 is 9.47 Å². The number of halogens is 1. The van der Waals surface area contributed by atoms with Crippen molar-refractivity contribution >= 4 is 41.3 Å². The summed E-state index contributed by atoms with van der Waals surface area (Å²) in [5, 5.41) is 5.65. The average molecular weight is 515 g/mol. The lowest BCUT2D eigenvalue weighted by Gasteiger charge is -2.30. The topological polar surface area (TPSA) is 46.1 Å². The first-order valence-electron chi connectivity index (χ1n) is 9.34. The van der Waals surface area contributed by atoms with E-state index in [1.165, 1.54) is 10.4 Å². The SMILES string of the molecule is CN=C(NCC(C)(C)c1ccc2c(c1)OCCO2)N(C)CCc1cccs1.I. The summed E-state index contributed by atoms with van der Waals surface area (Å²) in [5.41, 5.74) is 1.15. The molecule has 2 heterocycles. The molecule has 5 nitrogen and oxygen atoms in total. The number of rotatable bonds is 6. The van der Waals surface area contributed by atoms with Gasteiger partial charge in [-0.1, -0.05) is 26.0 Å². The third-order valence-corrected chi connectivity index (χ3v) is 5.80. The van der Waals surface area contributed by atoms with E-state index in [1.807, 2.05) is 13.1 Å². The Labute approximate surface area is 189 Å². The quantitative estimate of drug-likeness (QED) is 0.357. The van der Waals surface area contributed by atoms with Gasteiger partial charge in [-0.05, 0) is 35.6 Å². The van der Waals surface area contributed by atoms with Crippen molar-refractivity contribution in [2.75, 3.05) is 40.4 Å². The molecule has 0 aliphatic carbocycles. The van der Waals surface area contributed by atoms with E-state index >= 15 is 0 Å². The molecule has 0 bridgehead atoms. The molecular formula is C21H30IN3O2S. The van der Waals surface area contributed by atoms with Gasteiger partial charge in [-0.3, -0.25) is 4.99 Å². The molecule has 3 rings (SSSR count). The number of benzene rings is 1. The Hall–Kier alpha value is -1.48. The summed E-state index contributed by atoms with van der Waals surface area (Å²) in [4.78, 5) is 8.02. The first-order chi connectivity index (χ1) is 13.0. The molecule has 2 aromatic rings. The number of likely N-dealkylation sites (N-methyl/N-ethyl adjacent to an activating group) is 1. The summed E-state index contributed by atoms with van der Waals surface area (Å²) in [5.74, 6) is 2.58. The molecule has 1 aromatic carbocycles. The predicted molar refractivity (Wildman–Crippen MR) is 128 cm³/mol. The standard InChI is InChI=1S/C21H29N3O2S.HI/c1-21(2,16-7-8-18-19(14-16)26-12-11-25-18)15-23-20(22-3)24(4)10-9-17-6-5-13-27-17;/h5-8,13-14H,9-12,15H2,1-4H3,(H,22,23);1H. The zero-order valence-electron chi connectivity index (χ0n) is 17.0. The number of hydrogen-bond donors (Lipinski definition) is 1. The molecule has 0 amide bonds. The minimum absolute atomic E-state index is 0. The molecule has 1 aliphatic heterocycles. The predicted octanol–water partition coefficient (Wildman–Crippen LogP) is 4.16. The third-order valence-electron chi connectivity index (χ3n) is 4.86. The Morgan fingerprint density at radius 1 is 1.21 bits per heavy atom. The Balaban J connectivity index is 0.00000280. The molecule has 0 saturated heterocycles. The van der Waals surface area contributed by atoms with Crippen LogP contribution in [0.25, 0.3) is 0 Å². The minimum Gasteiger partial charge on any atom is -0.486 e. The first kappa shape index (κ1) is 22.8. The fourth-order valence-corrected chi connectivity index (χ4v) is 3.79. The van der Waals surface area contributed by atoms with Crippen molar-refractivity contribution in [3.63, 3.8) is 0 Å². The highest BCUT2D eigenvalue weighted by molar-refractivity contribution is 14.0. The fourth-order valence-electron chi connectivity index (χ4n) is 3.09. The average Bonchev–Trinajstić information content (AvgIpc) is 3.20. The van der Waals surface area contributed by atoms with E-state index in [9.17, 15) is 0 Å². The maximum absolute atomic E-state index is 5.74. The summed E-state index contributed by atoms with van der Waals surface area (Å²) in [6.07, 6.45) is 1.03. The van der Waals surface area contributed by atoms with Crippen LogP contribution in [0.15, 0.2) is 40.7 Å². The molecular weight excluding hydrogens is 485 g/mol. The van der Waals surface area contributed by atoms with E-state index in [0.29, 0.717) is 13.2 Å². The molecule has 154 valence electrons. The summed E-state index contributed by atoms with van der Waals surface area (Å²) < 4.78 is 11.4. The normalized spacial score (nSPS) is 13.6. The second kappa shape index (κ2) is 10.3. The van der Waals surface area contributed by atoms with E-state index in [4.69, 9.17) is 9.47 Å². The maximum Gasteiger partial charge on any atom is 0.193 e. The molecule has 1 aromatic heterocycles. The highest BCUT2D eigenvalue weighted by Crippen LogP contribution is 2.34. The molecule has 0 atom stereocenters. The monoisotopic (exact) mass is 515 g/mol. The van der Waals surface area contributed by atoms with E-state index in [1.54, 1.807) is 11.3 Å². The highest BCUT2D eigenvalue weighted by Gasteiger charge is 2.24. The van der Waals surface area contributed by atoms with Gasteiger partial charge in [0, 0.05) is 37.5 Å². The maximum atomic E-state index is 5.74. The van der Waals surface area contributed by atoms with Crippen LogP contribution in [0.2, 0.25) is 0 Å². The van der Waals surface area contributed by atoms with Crippen molar-refractivity contribution in [2.24, 2.45) is 4.99 Å². The Bertz CT molecular complexity index is 778. The van der Waals surface area contributed by atoms with E-state index < -0.39 is 0 Å². The second-order valence-corrected chi connectivity index (χ2v) is 8.43. The van der Waals surface area contributed by atoms with Gasteiger partial charge in [0.1, 0.15) is 13.2 Å². The van der Waals surface area contributed by atoms with Crippen LogP contribution < -0.4 is 14.8 Å². The van der Waals surface area contributed by atoms with Gasteiger partial charge in [0.15, 0.2) is 17.5 Å². The van der Waals surface area contributed by atoms with Crippen molar-refractivity contribution in [2.45, 2.75) is 25.7 Å². The lowest BCUT2D eigenvalue weighted by atomic mass is 9.84. The summed E-state index contributed by atoms with van der Waals surface area (Å²) in [7, 11) is 3.92. The van der Waals surface area contributed by atoms with Crippen LogP contribution in [0, 0.1) is 0 Å². The van der Waals surface area contributed by atoms with Gasteiger partial charge in [0.2, 0.25) is 0 Å². The van der Waals surface area contributed by atoms with Crippen molar-refractivity contribution in [1.82, 2.24) is 10.2 Å². The summed E-state index contributed by atoms with van der Waals surface area (Å²) in [6.45, 7) is 7.39. The Morgan fingerprint density at radius 3 is 2.64 bits per heavy atom. The Morgan fingerprint density at radius 2 is 1.96 bits per heavy atom. The molecule has 1 N–H and O–H groups in total. The van der Waals surface area contributed by atoms with Crippen LogP contribution in [0.1, 0.15) is 24.3 Å². The van der Waals surface area contributed by atoms with Crippen LogP contribution in [0.5, 0.6) is 11.5 Å². The van der Waals surface area contributed by atoms with Gasteiger partial charge in [0.25, 0.3) is 0 Å². The zero-order chi connectivity index (χ0) is 19.3. The highest BCUT2D eigenvalue weighted by atomic mass is 127. The molecule has 0 spiro atoms. The van der Waals surface area contributed by atoms with Gasteiger partial charge >= 0.3 is 0 Å². The molecule has 1 aliphatic rings. The zero-order valence-corrected chi connectivity index (χ0v) is 20.2. The van der Waals surface area contributed by atoms with Crippen molar-refractivity contribution in [3.8, 4) is 11.5 Å². The van der Waals surface area contributed by atoms with Crippen LogP contribution >= 0.6 is 35.3 Å². The summed E-state index contributed by atoms with van der Waals surface area (Å²) >= 11 is 1.80. The fraction of sp³-hybridized carbons (Fsp3) is 0.476. The van der Waals surface area contributed by atoms with Crippen molar-refractivity contribution in [1.29, 1.82) is 0 Å². The lowest BCUT2D eigenvalue weighted by Crippen LogP contribution is -2.44. The van der Waals surface area contributed by atoms with Gasteiger partial charge in [0.05, 0.1) is 0 Å². The van der Waals surface area contributed by atoms with Gasteiger partial charge < -0.3 is 19.7 Å². The largest absolute Gasteiger partial charge is 0.486 e. The number of nitrogens with zero attached hydrogens (tertiary/aromatic N) is 2. The second-order valence-electron chi connectivity index (χ2n) is 7.39. The third kappa shape index (κ3) is 5.76. The number of aliphatic imine (C=N–C) groups is 1. The summed E-state index contributed by atoms with van der Waals surface area (Å²) in [6, 6.07) is 10.5. The van der Waals surface area contributed by atoms with Crippen LogP contribution in [0.4, 0.5) is 0 Å². The van der Waals surface area contributed by atoms with Crippen LogP contribution in [0.3, 0.4) is 0 Å². The minimum atomic E-state index is -0.0691. The lowest BCUT2D eigenvalue weighted by molar-refractivity contribution is 0.171. The number of nitrogens with one attached hydrogen (secondary N) is 1. The molecule has 7 heteroatoms. The number of thiophene rings is 1. The molecule has 0 radical (unpaired) electrons. The first-order valence-corrected chi connectivity index (χ1v) is 10.2. The number of guanidine groups is 1. The van der Waals surface area contributed by atoms with E-state index in [-0.39, 0.29) is 29.4 Å². The number of ether oxygens (including phenoxy) is 2. The van der Waals surface area contributed by atoms with Gasteiger partial charge in [-0.15, -0.1) is 35.3 Å². The van der Waals surface area contributed by atoms with Crippen LogP contribution in [-0.4, -0.2) is 51.3 Å². The number of fused-ring (bicyclic) bond motifs is 1. The van der Waals surface area contributed by atoms with Crippen LogP contribution in [-0.2, 0) is 11.8 Å². The van der Waals surface area contributed by atoms with Gasteiger partial charge in [-0.2, -0.15) is 0 Å². The van der Waals surface area contributed by atoms with Crippen molar-refractivity contribution in [3.05, 3.63) is 46.2 Å². The molecule has 0 saturated carbocycles. The molecule has 0 fully saturated rings. The smallest absolute Gasteiger partial charge is 0.193 e. The van der Waals surface area contributed by atoms with E-state index in [0.717, 1.165) is 37.0 Å². The van der Waals surface area contributed by atoms with E-state index in [2.05, 4.69) is 65.7 Å². The number of hydrogen-bond acceptors (Lipinski definition) is 4.